The van der Waals surface area contributed by atoms with Gasteiger partial charge in [-0.05, 0) is 54.2 Å². The second kappa shape index (κ2) is 6.72. The zero-order chi connectivity index (χ0) is 18.1. The van der Waals surface area contributed by atoms with Crippen LogP contribution in [-0.2, 0) is 7.05 Å². The minimum atomic E-state index is -0.328. The van der Waals surface area contributed by atoms with Crippen molar-refractivity contribution in [3.63, 3.8) is 0 Å². The highest BCUT2D eigenvalue weighted by Crippen LogP contribution is 2.32. The molecular formula is C18H14FN5OS. The van der Waals surface area contributed by atoms with Crippen LogP contribution in [0.25, 0.3) is 22.3 Å². The van der Waals surface area contributed by atoms with Crippen LogP contribution in [0.3, 0.4) is 0 Å². The first-order chi connectivity index (χ1) is 12.7. The van der Waals surface area contributed by atoms with Gasteiger partial charge in [0.2, 0.25) is 0 Å². The van der Waals surface area contributed by atoms with Gasteiger partial charge in [-0.3, -0.25) is 0 Å². The second-order valence-electron chi connectivity index (χ2n) is 5.54. The molecule has 0 spiro atoms. The molecule has 0 bridgehead atoms. The normalized spacial score (nSPS) is 11.0. The topological polar surface area (TPSA) is 65.7 Å². The Hall–Kier alpha value is -3.00. The van der Waals surface area contributed by atoms with Crippen molar-refractivity contribution in [2.24, 2.45) is 7.05 Å². The highest BCUT2D eigenvalue weighted by atomic mass is 32.2. The molecule has 6 nitrogen and oxygen atoms in total. The molecule has 26 heavy (non-hydrogen) atoms. The molecule has 130 valence electrons. The number of hydrogen-bond acceptors (Lipinski definition) is 6. The average Bonchev–Trinajstić information content (AvgIpc) is 3.03. The van der Waals surface area contributed by atoms with Crippen LogP contribution in [0.4, 0.5) is 4.39 Å². The van der Waals surface area contributed by atoms with E-state index in [0.29, 0.717) is 21.1 Å². The van der Waals surface area contributed by atoms with Crippen LogP contribution in [-0.4, -0.2) is 31.8 Å². The van der Waals surface area contributed by atoms with E-state index >= 15 is 0 Å². The SMILES string of the molecule is COc1ccc(-c2nnc(Sc3ncnc4ccc(F)cc34)n2C)cc1. The van der Waals surface area contributed by atoms with Crippen LogP contribution in [0.15, 0.2) is 59.0 Å². The lowest BCUT2D eigenvalue weighted by Crippen LogP contribution is -1.96. The van der Waals surface area contributed by atoms with Crippen molar-refractivity contribution in [1.82, 2.24) is 24.7 Å². The zero-order valence-electron chi connectivity index (χ0n) is 14.0. The fourth-order valence-corrected chi connectivity index (χ4v) is 3.42. The fourth-order valence-electron chi connectivity index (χ4n) is 2.57. The minimum Gasteiger partial charge on any atom is -0.497 e. The number of methoxy groups -OCH3 is 1. The summed E-state index contributed by atoms with van der Waals surface area (Å²) in [5.74, 6) is 1.17. The molecule has 0 fully saturated rings. The Balaban J connectivity index is 1.70. The Morgan fingerprint density at radius 2 is 1.85 bits per heavy atom. The molecule has 0 saturated heterocycles. The molecule has 0 aliphatic rings. The van der Waals surface area contributed by atoms with Gasteiger partial charge in [-0.2, -0.15) is 0 Å². The predicted octanol–water partition coefficient (Wildman–Crippen LogP) is 3.72. The largest absolute Gasteiger partial charge is 0.497 e. The molecule has 0 aliphatic carbocycles. The van der Waals surface area contributed by atoms with Gasteiger partial charge >= 0.3 is 0 Å². The number of rotatable bonds is 4. The number of ether oxygens (including phenoxy) is 1. The van der Waals surface area contributed by atoms with E-state index in [1.165, 1.54) is 30.2 Å². The Morgan fingerprint density at radius 3 is 2.62 bits per heavy atom. The van der Waals surface area contributed by atoms with Gasteiger partial charge < -0.3 is 9.30 Å². The van der Waals surface area contributed by atoms with Crippen LogP contribution in [0.5, 0.6) is 5.75 Å². The molecule has 2 aromatic heterocycles. The minimum absolute atomic E-state index is 0.328. The number of aromatic nitrogens is 5. The number of benzene rings is 2. The number of halogens is 1. The van der Waals surface area contributed by atoms with Crippen LogP contribution in [0, 0.1) is 5.82 Å². The maximum atomic E-state index is 13.6. The Labute approximate surface area is 153 Å². The van der Waals surface area contributed by atoms with E-state index in [2.05, 4.69) is 20.2 Å². The van der Waals surface area contributed by atoms with Gasteiger partial charge in [0.1, 0.15) is 22.9 Å². The van der Waals surface area contributed by atoms with Gasteiger partial charge in [0, 0.05) is 18.0 Å². The monoisotopic (exact) mass is 367 g/mol. The summed E-state index contributed by atoms with van der Waals surface area (Å²) in [6.07, 6.45) is 1.46. The molecule has 8 heteroatoms. The fraction of sp³-hybridized carbons (Fsp3) is 0.111. The summed E-state index contributed by atoms with van der Waals surface area (Å²) >= 11 is 1.32. The summed E-state index contributed by atoms with van der Waals surface area (Å²) in [4.78, 5) is 8.45. The molecule has 0 amide bonds. The summed E-state index contributed by atoms with van der Waals surface area (Å²) in [7, 11) is 3.51. The standard InChI is InChI=1S/C18H14FN5OS/c1-24-16(11-3-6-13(25-2)7-4-11)22-23-18(24)26-17-14-9-12(19)5-8-15(14)20-10-21-17/h3-10H,1-2H3. The average molecular weight is 367 g/mol. The molecule has 0 atom stereocenters. The van der Waals surface area contributed by atoms with Crippen LogP contribution in [0.1, 0.15) is 0 Å². The first-order valence-corrected chi connectivity index (χ1v) is 8.59. The molecule has 4 aromatic rings. The zero-order valence-corrected chi connectivity index (χ0v) is 14.9. The van der Waals surface area contributed by atoms with E-state index in [9.17, 15) is 4.39 Å². The van der Waals surface area contributed by atoms with Crippen molar-refractivity contribution >= 4 is 22.7 Å². The van der Waals surface area contributed by atoms with Crippen molar-refractivity contribution in [1.29, 1.82) is 0 Å². The van der Waals surface area contributed by atoms with Crippen LogP contribution in [0.2, 0.25) is 0 Å². The van der Waals surface area contributed by atoms with E-state index in [4.69, 9.17) is 4.74 Å². The van der Waals surface area contributed by atoms with Crippen LogP contribution >= 0.6 is 11.8 Å². The molecular weight excluding hydrogens is 353 g/mol. The van der Waals surface area contributed by atoms with Gasteiger partial charge in [-0.15, -0.1) is 10.2 Å². The van der Waals surface area contributed by atoms with Gasteiger partial charge in [0.05, 0.1) is 12.6 Å². The maximum Gasteiger partial charge on any atom is 0.197 e. The van der Waals surface area contributed by atoms with Gasteiger partial charge in [-0.25, -0.2) is 14.4 Å². The first kappa shape index (κ1) is 16.5. The maximum absolute atomic E-state index is 13.6. The van der Waals surface area contributed by atoms with E-state index in [1.54, 1.807) is 13.2 Å². The molecule has 0 saturated carbocycles. The van der Waals surface area contributed by atoms with Crippen molar-refractivity contribution < 1.29 is 9.13 Å². The lowest BCUT2D eigenvalue weighted by molar-refractivity contribution is 0.415. The molecule has 0 unspecified atom stereocenters. The highest BCUT2D eigenvalue weighted by Gasteiger charge is 2.15. The van der Waals surface area contributed by atoms with Gasteiger partial charge in [-0.1, -0.05) is 0 Å². The smallest absolute Gasteiger partial charge is 0.197 e. The number of fused-ring (bicyclic) bond motifs is 1. The third-order valence-electron chi connectivity index (χ3n) is 3.93. The summed E-state index contributed by atoms with van der Waals surface area (Å²) in [6.45, 7) is 0. The van der Waals surface area contributed by atoms with E-state index in [0.717, 1.165) is 17.1 Å². The van der Waals surface area contributed by atoms with Crippen molar-refractivity contribution in [2.75, 3.05) is 7.11 Å². The molecule has 0 radical (unpaired) electrons. The molecule has 2 aromatic carbocycles. The molecule has 4 rings (SSSR count). The Morgan fingerprint density at radius 1 is 1.04 bits per heavy atom. The van der Waals surface area contributed by atoms with E-state index in [1.807, 2.05) is 35.9 Å². The quantitative estimate of drug-likeness (QED) is 0.512. The lowest BCUT2D eigenvalue weighted by atomic mass is 10.2. The van der Waals surface area contributed by atoms with Crippen molar-refractivity contribution in [3.05, 3.63) is 54.6 Å². The van der Waals surface area contributed by atoms with Crippen molar-refractivity contribution in [2.45, 2.75) is 10.2 Å². The lowest BCUT2D eigenvalue weighted by Gasteiger charge is -2.06. The van der Waals surface area contributed by atoms with Gasteiger partial charge in [0.15, 0.2) is 11.0 Å². The highest BCUT2D eigenvalue weighted by molar-refractivity contribution is 7.99. The summed E-state index contributed by atoms with van der Waals surface area (Å²) in [5.41, 5.74) is 1.60. The summed E-state index contributed by atoms with van der Waals surface area (Å²) < 4.78 is 20.7. The third kappa shape index (κ3) is 2.99. The predicted molar refractivity (Wildman–Crippen MR) is 96.6 cm³/mol. The molecule has 2 heterocycles. The van der Waals surface area contributed by atoms with Gasteiger partial charge in [0.25, 0.3) is 0 Å². The molecule has 0 N–H and O–H groups in total. The van der Waals surface area contributed by atoms with E-state index < -0.39 is 0 Å². The van der Waals surface area contributed by atoms with E-state index in [-0.39, 0.29) is 5.82 Å². The second-order valence-corrected chi connectivity index (χ2v) is 6.49. The Bertz CT molecular complexity index is 1080. The summed E-state index contributed by atoms with van der Waals surface area (Å²) in [6, 6.07) is 12.0. The first-order valence-electron chi connectivity index (χ1n) is 7.77. The number of hydrogen-bond donors (Lipinski definition) is 0. The summed E-state index contributed by atoms with van der Waals surface area (Å²) in [5, 5.41) is 10.4. The number of nitrogens with zero attached hydrogens (tertiary/aromatic N) is 5. The third-order valence-corrected chi connectivity index (χ3v) is 4.99. The van der Waals surface area contributed by atoms with Crippen LogP contribution < -0.4 is 4.74 Å². The Kier molecular flexibility index (Phi) is 4.26. The molecule has 0 aliphatic heterocycles. The van der Waals surface area contributed by atoms with Crippen molar-refractivity contribution in [3.8, 4) is 17.1 Å².